The maximum absolute atomic E-state index is 11.3. The van der Waals surface area contributed by atoms with Gasteiger partial charge in [-0.2, -0.15) is 11.8 Å². The van der Waals surface area contributed by atoms with Crippen molar-refractivity contribution >= 4 is 17.7 Å². The van der Waals surface area contributed by atoms with Crippen LogP contribution in [0, 0.1) is 0 Å². The van der Waals surface area contributed by atoms with E-state index in [1.807, 2.05) is 6.92 Å². The van der Waals surface area contributed by atoms with Gasteiger partial charge in [-0.05, 0) is 32.1 Å². The van der Waals surface area contributed by atoms with Crippen LogP contribution in [0.2, 0.25) is 0 Å². The Morgan fingerprint density at radius 3 is 2.50 bits per heavy atom. The molecule has 84 valence electrons. The molecule has 0 rings (SSSR count). The molecule has 1 atom stereocenters. The highest BCUT2D eigenvalue weighted by atomic mass is 32.2. The molecule has 0 saturated heterocycles. The van der Waals surface area contributed by atoms with Crippen molar-refractivity contribution < 1.29 is 4.79 Å². The Morgan fingerprint density at radius 2 is 2.07 bits per heavy atom. The molecule has 1 unspecified atom stereocenters. The Labute approximate surface area is 91.2 Å². The number of thioether (sulfide) groups is 1. The highest BCUT2D eigenvalue weighted by molar-refractivity contribution is 7.99. The summed E-state index contributed by atoms with van der Waals surface area (Å²) >= 11 is 1.78. The van der Waals surface area contributed by atoms with Gasteiger partial charge in [-0.25, -0.2) is 0 Å². The molecule has 14 heavy (non-hydrogen) atoms. The van der Waals surface area contributed by atoms with Gasteiger partial charge in [-0.3, -0.25) is 4.79 Å². The molecule has 0 aromatic carbocycles. The lowest BCUT2D eigenvalue weighted by Crippen LogP contribution is -2.55. The first kappa shape index (κ1) is 13.8. The number of nitrogens with two attached hydrogens (primary N) is 1. The van der Waals surface area contributed by atoms with Crippen LogP contribution in [0.4, 0.5) is 0 Å². The molecule has 0 heterocycles. The number of carbonyl (C=O) groups is 1. The van der Waals surface area contributed by atoms with E-state index in [0.29, 0.717) is 0 Å². The Morgan fingerprint density at radius 1 is 1.43 bits per heavy atom. The highest BCUT2D eigenvalue weighted by Crippen LogP contribution is 2.13. The summed E-state index contributed by atoms with van der Waals surface area (Å²) in [6.07, 6.45) is 2.15. The molecule has 0 aromatic heterocycles. The Bertz CT molecular complexity index is 176. The van der Waals surface area contributed by atoms with Crippen LogP contribution in [0.1, 0.15) is 33.6 Å². The van der Waals surface area contributed by atoms with Crippen LogP contribution < -0.4 is 11.1 Å². The van der Waals surface area contributed by atoms with Gasteiger partial charge in [0.2, 0.25) is 5.91 Å². The standard InChI is InChI=1S/C10H22N2OS/c1-4-6-12-10(3,9(11)13)8-14-7-5-2/h12H,4-8H2,1-3H3,(H2,11,13). The lowest BCUT2D eigenvalue weighted by atomic mass is 10.1. The number of primary amides is 1. The van der Waals surface area contributed by atoms with Crippen molar-refractivity contribution in [2.45, 2.75) is 39.2 Å². The quantitative estimate of drug-likeness (QED) is 0.605. The molecule has 0 aromatic rings. The van der Waals surface area contributed by atoms with Crippen LogP contribution in [0.15, 0.2) is 0 Å². The predicted octanol–water partition coefficient (Wildman–Crippen LogP) is 1.37. The second kappa shape index (κ2) is 7.12. The molecule has 0 saturated carbocycles. The van der Waals surface area contributed by atoms with Crippen LogP contribution in [-0.4, -0.2) is 29.5 Å². The molecule has 0 fully saturated rings. The lowest BCUT2D eigenvalue weighted by Gasteiger charge is -2.26. The highest BCUT2D eigenvalue weighted by Gasteiger charge is 2.29. The van der Waals surface area contributed by atoms with E-state index in [2.05, 4.69) is 19.2 Å². The molecule has 0 bridgehead atoms. The summed E-state index contributed by atoms with van der Waals surface area (Å²) in [7, 11) is 0. The van der Waals surface area contributed by atoms with Gasteiger partial charge in [0.15, 0.2) is 0 Å². The van der Waals surface area contributed by atoms with E-state index in [-0.39, 0.29) is 5.91 Å². The molecule has 0 aliphatic carbocycles. The van der Waals surface area contributed by atoms with Gasteiger partial charge >= 0.3 is 0 Å². The van der Waals surface area contributed by atoms with E-state index in [1.54, 1.807) is 11.8 Å². The Kier molecular flexibility index (Phi) is 7.01. The average Bonchev–Trinajstić information content (AvgIpc) is 2.15. The summed E-state index contributed by atoms with van der Waals surface area (Å²) in [6, 6.07) is 0. The van der Waals surface area contributed by atoms with Crippen LogP contribution >= 0.6 is 11.8 Å². The summed E-state index contributed by atoms with van der Waals surface area (Å²) in [5.74, 6) is 1.59. The molecule has 0 aliphatic heterocycles. The van der Waals surface area contributed by atoms with Gasteiger partial charge in [0.1, 0.15) is 5.54 Å². The predicted molar refractivity (Wildman–Crippen MR) is 63.5 cm³/mol. The first-order chi connectivity index (χ1) is 6.56. The average molecular weight is 218 g/mol. The summed E-state index contributed by atoms with van der Waals surface area (Å²) in [6.45, 7) is 6.93. The van der Waals surface area contributed by atoms with Gasteiger partial charge in [-0.1, -0.05) is 13.8 Å². The van der Waals surface area contributed by atoms with Crippen LogP contribution in [0.3, 0.4) is 0 Å². The molecule has 0 spiro atoms. The van der Waals surface area contributed by atoms with Crippen molar-refractivity contribution in [2.75, 3.05) is 18.1 Å². The largest absolute Gasteiger partial charge is 0.368 e. The number of amides is 1. The SMILES string of the molecule is CCCNC(C)(CSCCC)C(N)=O. The van der Waals surface area contributed by atoms with Crippen LogP contribution in [0.5, 0.6) is 0 Å². The second-order valence-electron chi connectivity index (χ2n) is 3.68. The van der Waals surface area contributed by atoms with Gasteiger partial charge in [0.25, 0.3) is 0 Å². The van der Waals surface area contributed by atoms with Gasteiger partial charge in [0.05, 0.1) is 0 Å². The third-order valence-electron chi connectivity index (χ3n) is 2.05. The Hall–Kier alpha value is -0.220. The van der Waals surface area contributed by atoms with Crippen molar-refractivity contribution in [3.63, 3.8) is 0 Å². The topological polar surface area (TPSA) is 55.1 Å². The molecule has 0 aliphatic rings. The minimum atomic E-state index is -0.546. The second-order valence-corrected chi connectivity index (χ2v) is 4.78. The zero-order valence-electron chi connectivity index (χ0n) is 9.43. The van der Waals surface area contributed by atoms with Crippen molar-refractivity contribution in [1.29, 1.82) is 0 Å². The van der Waals surface area contributed by atoms with E-state index >= 15 is 0 Å². The first-order valence-corrected chi connectivity index (χ1v) is 6.35. The Balaban J connectivity index is 4.03. The molecule has 3 nitrogen and oxygen atoms in total. The lowest BCUT2D eigenvalue weighted by molar-refractivity contribution is -0.122. The summed E-state index contributed by atoms with van der Waals surface area (Å²) < 4.78 is 0. The number of rotatable bonds is 8. The summed E-state index contributed by atoms with van der Waals surface area (Å²) in [5, 5.41) is 3.21. The fourth-order valence-corrected chi connectivity index (χ4v) is 2.12. The van der Waals surface area contributed by atoms with Gasteiger partial charge < -0.3 is 11.1 Å². The van der Waals surface area contributed by atoms with Crippen molar-refractivity contribution in [2.24, 2.45) is 5.73 Å². The zero-order chi connectivity index (χ0) is 11.0. The monoisotopic (exact) mass is 218 g/mol. The molecule has 1 amide bonds. The molecular weight excluding hydrogens is 196 g/mol. The maximum Gasteiger partial charge on any atom is 0.238 e. The summed E-state index contributed by atoms with van der Waals surface area (Å²) in [5.41, 5.74) is 4.83. The van der Waals surface area contributed by atoms with Crippen LogP contribution in [0.25, 0.3) is 0 Å². The maximum atomic E-state index is 11.3. The molecular formula is C10H22N2OS. The van der Waals surface area contributed by atoms with Gasteiger partial charge in [-0.15, -0.1) is 0 Å². The van der Waals surface area contributed by atoms with E-state index < -0.39 is 5.54 Å². The number of hydrogen-bond acceptors (Lipinski definition) is 3. The van der Waals surface area contributed by atoms with Crippen molar-refractivity contribution in [3.05, 3.63) is 0 Å². The number of nitrogens with one attached hydrogen (secondary N) is 1. The van der Waals surface area contributed by atoms with Crippen molar-refractivity contribution in [1.82, 2.24) is 5.32 Å². The smallest absolute Gasteiger partial charge is 0.238 e. The fourth-order valence-electron chi connectivity index (χ4n) is 1.03. The number of carbonyl (C=O) groups excluding carboxylic acids is 1. The number of hydrogen-bond donors (Lipinski definition) is 2. The third-order valence-corrected chi connectivity index (χ3v) is 3.53. The summed E-state index contributed by atoms with van der Waals surface area (Å²) in [4.78, 5) is 11.3. The minimum Gasteiger partial charge on any atom is -0.368 e. The van der Waals surface area contributed by atoms with E-state index in [0.717, 1.165) is 30.9 Å². The van der Waals surface area contributed by atoms with E-state index in [1.165, 1.54) is 0 Å². The van der Waals surface area contributed by atoms with Crippen LogP contribution in [-0.2, 0) is 4.79 Å². The zero-order valence-corrected chi connectivity index (χ0v) is 10.2. The normalized spacial score (nSPS) is 15.1. The third kappa shape index (κ3) is 4.86. The van der Waals surface area contributed by atoms with E-state index in [4.69, 9.17) is 5.73 Å². The van der Waals surface area contributed by atoms with Gasteiger partial charge in [0, 0.05) is 5.75 Å². The van der Waals surface area contributed by atoms with Crippen molar-refractivity contribution in [3.8, 4) is 0 Å². The molecule has 3 N–H and O–H groups in total. The fraction of sp³-hybridized carbons (Fsp3) is 0.900. The van der Waals surface area contributed by atoms with E-state index in [9.17, 15) is 4.79 Å². The molecule has 4 heteroatoms. The molecule has 0 radical (unpaired) electrons. The first-order valence-electron chi connectivity index (χ1n) is 5.19. The minimum absolute atomic E-state index is 0.255.